The number of carbonyl (C=O) groups excluding carboxylic acids is 3. The van der Waals surface area contributed by atoms with Gasteiger partial charge in [0.1, 0.15) is 12.1 Å². The van der Waals surface area contributed by atoms with Gasteiger partial charge in [0.2, 0.25) is 5.91 Å². The maximum Gasteiger partial charge on any atom is 0.325 e. The number of imide groups is 1. The van der Waals surface area contributed by atoms with E-state index >= 15 is 0 Å². The Morgan fingerprint density at radius 1 is 1.20 bits per heavy atom. The molecule has 1 saturated heterocycles. The van der Waals surface area contributed by atoms with Crippen LogP contribution >= 0.6 is 0 Å². The molecular weight excluding hydrogens is 456 g/mol. The topological polar surface area (TPSA) is 140 Å². The highest BCUT2D eigenvalue weighted by atomic mass is 16.6. The fourth-order valence-electron chi connectivity index (χ4n) is 4.77. The first kappa shape index (κ1) is 24.0. The molecule has 1 aliphatic heterocycles. The normalized spacial score (nSPS) is 18.7. The number of nitro benzene ring substituents is 1. The number of hydrogen-bond acceptors (Lipinski definition) is 7. The maximum atomic E-state index is 13.3. The van der Waals surface area contributed by atoms with Crippen molar-refractivity contribution in [2.24, 2.45) is 0 Å². The van der Waals surface area contributed by atoms with Crippen LogP contribution in [-0.4, -0.2) is 55.0 Å². The number of ether oxygens (including phenoxy) is 2. The lowest BCUT2D eigenvalue weighted by atomic mass is 9.76. The molecule has 1 atom stereocenters. The first-order valence-electron chi connectivity index (χ1n) is 11.2. The molecule has 2 aliphatic rings. The van der Waals surface area contributed by atoms with Crippen molar-refractivity contribution < 1.29 is 28.8 Å². The number of benzene rings is 2. The van der Waals surface area contributed by atoms with Crippen LogP contribution in [0.3, 0.4) is 0 Å². The molecule has 0 aromatic heterocycles. The monoisotopic (exact) mass is 482 g/mol. The molecule has 1 fully saturated rings. The second kappa shape index (κ2) is 9.61. The zero-order chi connectivity index (χ0) is 25.2. The van der Waals surface area contributed by atoms with Crippen LogP contribution in [-0.2, 0) is 28.0 Å². The Morgan fingerprint density at radius 2 is 1.91 bits per heavy atom. The van der Waals surface area contributed by atoms with Gasteiger partial charge < -0.3 is 20.1 Å². The number of urea groups is 1. The van der Waals surface area contributed by atoms with Crippen molar-refractivity contribution in [1.29, 1.82) is 0 Å². The average Bonchev–Trinajstić information content (AvgIpc) is 3.08. The van der Waals surface area contributed by atoms with Gasteiger partial charge >= 0.3 is 6.03 Å². The van der Waals surface area contributed by atoms with Crippen LogP contribution in [0.15, 0.2) is 36.4 Å². The van der Waals surface area contributed by atoms with E-state index in [9.17, 15) is 24.5 Å². The van der Waals surface area contributed by atoms with Gasteiger partial charge in [-0.2, -0.15) is 0 Å². The van der Waals surface area contributed by atoms with Gasteiger partial charge in [-0.25, -0.2) is 4.79 Å². The molecule has 4 rings (SSSR count). The number of nitrogens with one attached hydrogen (secondary N) is 2. The van der Waals surface area contributed by atoms with E-state index in [1.54, 1.807) is 0 Å². The molecule has 2 N–H and O–H groups in total. The molecule has 0 radical (unpaired) electrons. The third kappa shape index (κ3) is 4.36. The minimum atomic E-state index is -1.15. The van der Waals surface area contributed by atoms with Crippen molar-refractivity contribution in [3.8, 4) is 11.5 Å². The Kier molecular flexibility index (Phi) is 6.59. The Balaban J connectivity index is 1.42. The molecular formula is C24H26N4O7. The van der Waals surface area contributed by atoms with E-state index in [0.29, 0.717) is 17.7 Å². The lowest BCUT2D eigenvalue weighted by Gasteiger charge is -2.33. The highest BCUT2D eigenvalue weighted by Gasteiger charge is 2.54. The lowest BCUT2D eigenvalue weighted by Crippen LogP contribution is -2.47. The van der Waals surface area contributed by atoms with E-state index in [2.05, 4.69) is 10.6 Å². The fraction of sp³-hybridized carbons (Fsp3) is 0.375. The summed E-state index contributed by atoms with van der Waals surface area (Å²) in [6, 6.07) is 9.65. The first-order chi connectivity index (χ1) is 16.8. The number of amides is 4. The van der Waals surface area contributed by atoms with Crippen LogP contribution < -0.4 is 20.1 Å². The Hall–Kier alpha value is -4.15. The molecule has 2 aromatic rings. The van der Waals surface area contributed by atoms with Gasteiger partial charge in [0, 0.05) is 12.1 Å². The molecule has 1 aliphatic carbocycles. The van der Waals surface area contributed by atoms with E-state index in [4.69, 9.17) is 9.47 Å². The third-order valence-corrected chi connectivity index (χ3v) is 6.45. The van der Waals surface area contributed by atoms with Crippen LogP contribution in [0.2, 0.25) is 0 Å². The van der Waals surface area contributed by atoms with E-state index < -0.39 is 34.9 Å². The quantitative estimate of drug-likeness (QED) is 0.333. The number of carbonyl (C=O) groups is 3. The van der Waals surface area contributed by atoms with Gasteiger partial charge in [0.15, 0.2) is 11.5 Å². The molecule has 11 nitrogen and oxygen atoms in total. The Bertz CT molecular complexity index is 1200. The first-order valence-corrected chi connectivity index (χ1v) is 11.2. The van der Waals surface area contributed by atoms with E-state index in [1.165, 1.54) is 26.4 Å². The van der Waals surface area contributed by atoms with Crippen molar-refractivity contribution in [3.63, 3.8) is 0 Å². The third-order valence-electron chi connectivity index (χ3n) is 6.45. The summed E-state index contributed by atoms with van der Waals surface area (Å²) in [6.07, 6.45) is 2.17. The predicted molar refractivity (Wildman–Crippen MR) is 124 cm³/mol. The SMILES string of the molecule is COc1cc(CCNC(=O)CN2C(=O)NC3(CCCc4ccccc43)C2=O)c([N+](=O)[O-])cc1OC. The van der Waals surface area contributed by atoms with Crippen LogP contribution in [0.5, 0.6) is 11.5 Å². The highest BCUT2D eigenvalue weighted by Crippen LogP contribution is 2.40. The summed E-state index contributed by atoms with van der Waals surface area (Å²) in [4.78, 5) is 50.4. The summed E-state index contributed by atoms with van der Waals surface area (Å²) in [7, 11) is 2.80. The molecule has 1 unspecified atom stereocenters. The molecule has 0 saturated carbocycles. The number of aryl methyl sites for hydroxylation is 1. The number of hydrogen-bond donors (Lipinski definition) is 2. The summed E-state index contributed by atoms with van der Waals surface area (Å²) in [6.45, 7) is -0.380. The molecule has 1 heterocycles. The molecule has 4 amide bonds. The molecule has 1 spiro atoms. The van der Waals surface area contributed by atoms with Crippen molar-refractivity contribution in [1.82, 2.24) is 15.5 Å². The summed E-state index contributed by atoms with van der Waals surface area (Å²) in [5.74, 6) is -0.432. The van der Waals surface area contributed by atoms with E-state index in [0.717, 1.165) is 28.9 Å². The summed E-state index contributed by atoms with van der Waals surface area (Å²) < 4.78 is 10.3. The van der Waals surface area contributed by atoms with Crippen LogP contribution in [0.1, 0.15) is 29.5 Å². The number of methoxy groups -OCH3 is 2. The molecule has 0 bridgehead atoms. The van der Waals surface area contributed by atoms with Crippen molar-refractivity contribution in [3.05, 3.63) is 63.2 Å². The van der Waals surface area contributed by atoms with Gasteiger partial charge in [-0.3, -0.25) is 24.6 Å². The number of rotatable bonds is 8. The van der Waals surface area contributed by atoms with Gasteiger partial charge in [0.05, 0.1) is 25.2 Å². The zero-order valence-corrected chi connectivity index (χ0v) is 19.5. The van der Waals surface area contributed by atoms with Gasteiger partial charge in [-0.15, -0.1) is 0 Å². The van der Waals surface area contributed by atoms with Gasteiger partial charge in [0.25, 0.3) is 11.6 Å². The number of nitro groups is 1. The predicted octanol–water partition coefficient (Wildman–Crippen LogP) is 2.05. The minimum Gasteiger partial charge on any atom is -0.493 e. The molecule has 11 heteroatoms. The van der Waals surface area contributed by atoms with Crippen LogP contribution in [0.4, 0.5) is 10.5 Å². The maximum absolute atomic E-state index is 13.3. The Labute approximate surface area is 201 Å². The van der Waals surface area contributed by atoms with Crippen LogP contribution in [0, 0.1) is 10.1 Å². The highest BCUT2D eigenvalue weighted by molar-refractivity contribution is 6.09. The van der Waals surface area contributed by atoms with Gasteiger partial charge in [-0.1, -0.05) is 24.3 Å². The lowest BCUT2D eigenvalue weighted by molar-refractivity contribution is -0.385. The summed E-state index contributed by atoms with van der Waals surface area (Å²) in [5, 5.41) is 16.9. The largest absolute Gasteiger partial charge is 0.493 e. The van der Waals surface area contributed by atoms with Crippen molar-refractivity contribution >= 4 is 23.5 Å². The summed E-state index contributed by atoms with van der Waals surface area (Å²) in [5.41, 5.74) is 0.819. The Morgan fingerprint density at radius 3 is 2.63 bits per heavy atom. The number of nitrogens with zero attached hydrogens (tertiary/aromatic N) is 2. The average molecular weight is 482 g/mol. The van der Waals surface area contributed by atoms with Crippen LogP contribution in [0.25, 0.3) is 0 Å². The van der Waals surface area contributed by atoms with E-state index in [-0.39, 0.29) is 24.4 Å². The van der Waals surface area contributed by atoms with Gasteiger partial charge in [-0.05, 0) is 42.9 Å². The standard InChI is InChI=1S/C24H26N4O7/c1-34-19-12-16(18(28(32)33)13-20(19)35-2)9-11-25-21(29)14-27-22(30)24(26-23(27)31)10-5-7-15-6-3-4-8-17(15)24/h3-4,6,8,12-13H,5,7,9-11,14H2,1-2H3,(H,25,29)(H,26,31). The molecule has 35 heavy (non-hydrogen) atoms. The smallest absolute Gasteiger partial charge is 0.325 e. The molecule has 2 aromatic carbocycles. The molecule has 184 valence electrons. The van der Waals surface area contributed by atoms with Crippen molar-refractivity contribution in [2.75, 3.05) is 27.3 Å². The second-order valence-corrected chi connectivity index (χ2v) is 8.43. The van der Waals surface area contributed by atoms with E-state index in [1.807, 2.05) is 24.3 Å². The zero-order valence-electron chi connectivity index (χ0n) is 19.5. The second-order valence-electron chi connectivity index (χ2n) is 8.43. The summed E-state index contributed by atoms with van der Waals surface area (Å²) >= 11 is 0. The van der Waals surface area contributed by atoms with Crippen molar-refractivity contribution in [2.45, 2.75) is 31.2 Å². The number of fused-ring (bicyclic) bond motifs is 2. The minimum absolute atomic E-state index is 0.0623. The fourth-order valence-corrected chi connectivity index (χ4v) is 4.77.